The van der Waals surface area contributed by atoms with Gasteiger partial charge >= 0.3 is 5.97 Å². The molecule has 0 aromatic heterocycles. The minimum Gasteiger partial charge on any atom is -0.493 e. The fraction of sp³-hybridized carbons (Fsp3) is 0.172. The second kappa shape index (κ2) is 9.85. The smallest absolute Gasteiger partial charge is 0.336 e. The van der Waals surface area contributed by atoms with Gasteiger partial charge in [0.05, 0.1) is 30.4 Å². The van der Waals surface area contributed by atoms with Crippen LogP contribution in [0.25, 0.3) is 5.70 Å². The zero-order chi connectivity index (χ0) is 27.0. The van der Waals surface area contributed by atoms with Crippen LogP contribution in [0, 0.1) is 10.1 Å². The Kier molecular flexibility index (Phi) is 6.42. The van der Waals surface area contributed by atoms with Gasteiger partial charge in [0, 0.05) is 40.4 Å². The number of rotatable bonds is 7. The van der Waals surface area contributed by atoms with Crippen LogP contribution in [0.4, 0.5) is 5.69 Å². The van der Waals surface area contributed by atoms with Crippen molar-refractivity contribution in [1.29, 1.82) is 0 Å². The van der Waals surface area contributed by atoms with Crippen LogP contribution in [0.15, 0.2) is 83.6 Å². The zero-order valence-electron chi connectivity index (χ0n) is 20.9. The second-order valence-corrected chi connectivity index (χ2v) is 8.87. The van der Waals surface area contributed by atoms with Gasteiger partial charge < -0.3 is 19.5 Å². The SMILES string of the molecule is COC(=O)C1=C(C)NC2=C(C(=O)c3ccccc32)[C@H]1c1ccc(OCc2ccc([N+](=O)[O-])cc2)c(OC)c1. The molecule has 3 aromatic rings. The van der Waals surface area contributed by atoms with Gasteiger partial charge in [-0.15, -0.1) is 0 Å². The summed E-state index contributed by atoms with van der Waals surface area (Å²) in [4.78, 5) is 36.9. The summed E-state index contributed by atoms with van der Waals surface area (Å²) in [6, 6.07) is 18.7. The van der Waals surface area contributed by atoms with Gasteiger partial charge in [-0.05, 0) is 42.3 Å². The van der Waals surface area contributed by atoms with Crippen LogP contribution in [0.1, 0.15) is 39.9 Å². The predicted molar refractivity (Wildman–Crippen MR) is 139 cm³/mol. The van der Waals surface area contributed by atoms with Gasteiger partial charge in [-0.2, -0.15) is 0 Å². The number of allylic oxidation sites excluding steroid dienone is 2. The van der Waals surface area contributed by atoms with E-state index in [1.165, 1.54) is 26.4 Å². The van der Waals surface area contributed by atoms with Crippen molar-refractivity contribution in [2.75, 3.05) is 14.2 Å². The van der Waals surface area contributed by atoms with E-state index in [9.17, 15) is 19.7 Å². The molecule has 38 heavy (non-hydrogen) atoms. The number of dihydropyridines is 1. The number of benzene rings is 3. The first-order valence-electron chi connectivity index (χ1n) is 11.8. The normalized spacial score (nSPS) is 16.0. The molecule has 0 fully saturated rings. The molecule has 0 spiro atoms. The highest BCUT2D eigenvalue weighted by atomic mass is 16.6. The van der Waals surface area contributed by atoms with Crippen LogP contribution >= 0.6 is 0 Å². The molecule has 0 amide bonds. The van der Waals surface area contributed by atoms with E-state index in [1.54, 1.807) is 43.3 Å². The standard InChI is InChI=1S/C29H24N2O7/c1-16-24(29(33)37-3)25(26-27(30-16)20-6-4-5-7-21(20)28(26)32)18-10-13-22(23(14-18)36-2)38-15-17-8-11-19(12-9-17)31(34)35/h4-14,25,30H,15H2,1-3H3/t25-/m0/s1. The number of hydrogen-bond acceptors (Lipinski definition) is 8. The summed E-state index contributed by atoms with van der Waals surface area (Å²) < 4.78 is 16.6. The van der Waals surface area contributed by atoms with E-state index in [0.29, 0.717) is 45.2 Å². The summed E-state index contributed by atoms with van der Waals surface area (Å²) >= 11 is 0. The Balaban J connectivity index is 1.51. The number of esters is 1. The summed E-state index contributed by atoms with van der Waals surface area (Å²) in [7, 11) is 2.81. The predicted octanol–water partition coefficient (Wildman–Crippen LogP) is 4.92. The largest absolute Gasteiger partial charge is 0.493 e. The van der Waals surface area contributed by atoms with Gasteiger partial charge in [-0.25, -0.2) is 4.79 Å². The molecule has 1 atom stereocenters. The Labute approximate surface area is 218 Å². The molecule has 1 N–H and O–H groups in total. The summed E-state index contributed by atoms with van der Waals surface area (Å²) in [6.07, 6.45) is 0. The van der Waals surface area contributed by atoms with E-state index < -0.39 is 16.8 Å². The summed E-state index contributed by atoms with van der Waals surface area (Å²) in [5, 5.41) is 14.2. The molecule has 9 nitrogen and oxygen atoms in total. The fourth-order valence-electron chi connectivity index (χ4n) is 4.90. The molecule has 9 heteroatoms. The summed E-state index contributed by atoms with van der Waals surface area (Å²) in [6.45, 7) is 1.95. The van der Waals surface area contributed by atoms with Crippen LogP contribution in [0.5, 0.6) is 11.5 Å². The molecule has 5 rings (SSSR count). The summed E-state index contributed by atoms with van der Waals surface area (Å²) in [5.74, 6) is -0.516. The molecule has 192 valence electrons. The average Bonchev–Trinajstić information content (AvgIpc) is 3.22. The Morgan fingerprint density at radius 2 is 1.71 bits per heavy atom. The number of carbonyl (C=O) groups excluding carboxylic acids is 2. The number of Topliss-reactive ketones (excluding diaryl/α,β-unsaturated/α-hetero) is 1. The lowest BCUT2D eigenvalue weighted by Crippen LogP contribution is -2.29. The van der Waals surface area contributed by atoms with Gasteiger partial charge in [0.1, 0.15) is 6.61 Å². The molecular formula is C29H24N2O7. The number of hydrogen-bond donors (Lipinski definition) is 1. The maximum Gasteiger partial charge on any atom is 0.336 e. The number of ether oxygens (including phenoxy) is 3. The van der Waals surface area contributed by atoms with E-state index in [4.69, 9.17) is 14.2 Å². The van der Waals surface area contributed by atoms with Gasteiger partial charge in [0.25, 0.3) is 5.69 Å². The molecule has 3 aromatic carbocycles. The number of fused-ring (bicyclic) bond motifs is 2. The number of ketones is 1. The van der Waals surface area contributed by atoms with Crippen molar-refractivity contribution in [3.05, 3.63) is 116 Å². The van der Waals surface area contributed by atoms with E-state index in [0.717, 1.165) is 11.1 Å². The first-order chi connectivity index (χ1) is 18.3. The first kappa shape index (κ1) is 24.8. The monoisotopic (exact) mass is 512 g/mol. The topological polar surface area (TPSA) is 117 Å². The molecule has 0 bridgehead atoms. The zero-order valence-corrected chi connectivity index (χ0v) is 20.9. The molecular weight excluding hydrogens is 488 g/mol. The fourth-order valence-corrected chi connectivity index (χ4v) is 4.90. The summed E-state index contributed by atoms with van der Waals surface area (Å²) in [5.41, 5.74) is 4.86. The van der Waals surface area contributed by atoms with Crippen LogP contribution in [-0.2, 0) is 16.1 Å². The van der Waals surface area contributed by atoms with Crippen molar-refractivity contribution in [1.82, 2.24) is 5.32 Å². The maximum absolute atomic E-state index is 13.6. The number of nitrogens with one attached hydrogen (secondary N) is 1. The maximum atomic E-state index is 13.6. The minimum absolute atomic E-state index is 0.000279. The highest BCUT2D eigenvalue weighted by molar-refractivity contribution is 6.23. The third-order valence-corrected chi connectivity index (χ3v) is 6.72. The second-order valence-electron chi connectivity index (χ2n) is 8.87. The quantitative estimate of drug-likeness (QED) is 0.269. The Morgan fingerprint density at radius 1 is 1.00 bits per heavy atom. The van der Waals surface area contributed by atoms with Crippen LogP contribution < -0.4 is 14.8 Å². The van der Waals surface area contributed by atoms with E-state index >= 15 is 0 Å². The van der Waals surface area contributed by atoms with Gasteiger partial charge in [0.15, 0.2) is 17.3 Å². The van der Waals surface area contributed by atoms with Gasteiger partial charge in [0.2, 0.25) is 0 Å². The molecule has 1 aliphatic heterocycles. The lowest BCUT2D eigenvalue weighted by atomic mass is 9.79. The van der Waals surface area contributed by atoms with Crippen LogP contribution in [-0.4, -0.2) is 30.9 Å². The average molecular weight is 513 g/mol. The molecule has 0 unspecified atom stereocenters. The third kappa shape index (κ3) is 4.17. The van der Waals surface area contributed by atoms with E-state index in [1.807, 2.05) is 18.2 Å². The highest BCUT2D eigenvalue weighted by Gasteiger charge is 2.43. The van der Waals surface area contributed by atoms with Crippen LogP contribution in [0.3, 0.4) is 0 Å². The Morgan fingerprint density at radius 3 is 2.37 bits per heavy atom. The van der Waals surface area contributed by atoms with Crippen molar-refractivity contribution in [3.63, 3.8) is 0 Å². The van der Waals surface area contributed by atoms with Crippen molar-refractivity contribution >= 4 is 23.1 Å². The van der Waals surface area contributed by atoms with Crippen molar-refractivity contribution in [2.45, 2.75) is 19.4 Å². The molecule has 1 aliphatic carbocycles. The van der Waals surface area contributed by atoms with Crippen LogP contribution in [0.2, 0.25) is 0 Å². The number of non-ortho nitro benzene ring substituents is 1. The van der Waals surface area contributed by atoms with Gasteiger partial charge in [-0.1, -0.05) is 30.3 Å². The van der Waals surface area contributed by atoms with E-state index in [2.05, 4.69) is 5.32 Å². The van der Waals surface area contributed by atoms with E-state index in [-0.39, 0.29) is 18.1 Å². The molecule has 1 heterocycles. The van der Waals surface area contributed by atoms with Crippen molar-refractivity contribution in [2.24, 2.45) is 0 Å². The Bertz CT molecular complexity index is 1540. The lowest BCUT2D eigenvalue weighted by molar-refractivity contribution is -0.384. The third-order valence-electron chi connectivity index (χ3n) is 6.72. The Hall–Kier alpha value is -4.92. The number of methoxy groups -OCH3 is 2. The van der Waals surface area contributed by atoms with Crippen molar-refractivity contribution < 1.29 is 28.7 Å². The first-order valence-corrected chi connectivity index (χ1v) is 11.8. The number of nitro groups is 1. The number of nitro benzene ring substituents is 1. The highest BCUT2D eigenvalue weighted by Crippen LogP contribution is 2.48. The lowest BCUT2D eigenvalue weighted by Gasteiger charge is -2.29. The van der Waals surface area contributed by atoms with Gasteiger partial charge in [-0.3, -0.25) is 14.9 Å². The number of nitrogens with zero attached hydrogens (tertiary/aromatic N) is 1. The molecule has 0 saturated heterocycles. The number of carbonyl (C=O) groups is 2. The molecule has 2 aliphatic rings. The molecule has 0 radical (unpaired) electrons. The molecule has 0 saturated carbocycles. The minimum atomic E-state index is -0.684. The van der Waals surface area contributed by atoms with Crippen molar-refractivity contribution in [3.8, 4) is 11.5 Å².